The van der Waals surface area contributed by atoms with E-state index >= 15 is 0 Å². The maximum absolute atomic E-state index is 13.1. The van der Waals surface area contributed by atoms with Gasteiger partial charge in [-0.15, -0.1) is 0 Å². The Hall–Kier alpha value is -1.94. The second-order valence-corrected chi connectivity index (χ2v) is 32.1. The monoisotopic (exact) mass is 1440 g/mol. The molecule has 582 valence electrons. The van der Waals surface area contributed by atoms with Gasteiger partial charge in [-0.1, -0.05) is 363 Å². The molecule has 0 radical (unpaired) electrons. The highest BCUT2D eigenvalue weighted by molar-refractivity contribution is 7.47. The van der Waals surface area contributed by atoms with Crippen LogP contribution < -0.4 is 0 Å². The van der Waals surface area contributed by atoms with Gasteiger partial charge in [-0.05, 0) is 37.5 Å². The van der Waals surface area contributed by atoms with Crippen molar-refractivity contribution < 1.29 is 80.2 Å². The Morgan fingerprint density at radius 1 is 0.296 bits per heavy atom. The largest absolute Gasteiger partial charge is 0.472 e. The summed E-state index contributed by atoms with van der Waals surface area (Å²) in [4.78, 5) is 72.8. The number of esters is 4. The fourth-order valence-electron chi connectivity index (χ4n) is 12.2. The molecule has 0 bridgehead atoms. The number of unbranched alkanes of at least 4 members (excludes halogenated alkanes) is 47. The quantitative estimate of drug-likeness (QED) is 0.0222. The second-order valence-electron chi connectivity index (χ2n) is 29.2. The summed E-state index contributed by atoms with van der Waals surface area (Å²) < 4.78 is 68.5. The topological polar surface area (TPSA) is 237 Å². The molecule has 0 aliphatic heterocycles. The number of phosphoric ester groups is 2. The summed E-state index contributed by atoms with van der Waals surface area (Å²) in [5.74, 6) is -0.719. The van der Waals surface area contributed by atoms with Gasteiger partial charge in [0, 0.05) is 25.7 Å². The minimum Gasteiger partial charge on any atom is -0.462 e. The number of ether oxygens (including phenoxy) is 4. The lowest BCUT2D eigenvalue weighted by molar-refractivity contribution is -0.161. The molecule has 0 spiro atoms. The Morgan fingerprint density at radius 2 is 0.520 bits per heavy atom. The van der Waals surface area contributed by atoms with Crippen LogP contribution in [0.2, 0.25) is 0 Å². The Balaban J connectivity index is 5.19. The molecule has 0 aromatic carbocycles. The van der Waals surface area contributed by atoms with Gasteiger partial charge in [-0.2, -0.15) is 0 Å². The van der Waals surface area contributed by atoms with Crippen LogP contribution >= 0.6 is 15.6 Å². The smallest absolute Gasteiger partial charge is 0.462 e. The van der Waals surface area contributed by atoms with Crippen molar-refractivity contribution in [1.29, 1.82) is 0 Å². The first-order valence-corrected chi connectivity index (χ1v) is 44.0. The Bertz CT molecular complexity index is 1890. The van der Waals surface area contributed by atoms with E-state index in [9.17, 15) is 43.2 Å². The average Bonchev–Trinajstić information content (AvgIpc) is 1.64. The molecule has 0 aromatic heterocycles. The Labute approximate surface area is 600 Å². The summed E-state index contributed by atoms with van der Waals surface area (Å²) in [6.45, 7) is 9.47. The van der Waals surface area contributed by atoms with Crippen molar-refractivity contribution in [3.63, 3.8) is 0 Å². The van der Waals surface area contributed by atoms with E-state index in [-0.39, 0.29) is 25.7 Å². The number of carbonyl (C=O) groups is 4. The van der Waals surface area contributed by atoms with Crippen molar-refractivity contribution in [3.8, 4) is 0 Å². The number of rotatable bonds is 78. The van der Waals surface area contributed by atoms with Gasteiger partial charge in [0.15, 0.2) is 12.2 Å². The number of aliphatic hydroxyl groups excluding tert-OH is 1. The van der Waals surface area contributed by atoms with Crippen molar-refractivity contribution in [2.75, 3.05) is 39.6 Å². The van der Waals surface area contributed by atoms with Crippen LogP contribution in [-0.4, -0.2) is 96.7 Å². The maximum Gasteiger partial charge on any atom is 0.472 e. The van der Waals surface area contributed by atoms with Crippen LogP contribution in [0.5, 0.6) is 0 Å². The van der Waals surface area contributed by atoms with Crippen LogP contribution in [0.4, 0.5) is 0 Å². The summed E-state index contributed by atoms with van der Waals surface area (Å²) in [5, 5.41) is 10.6. The molecule has 0 fully saturated rings. The Kier molecular flexibility index (Phi) is 69.3. The van der Waals surface area contributed by atoms with Crippen LogP contribution in [-0.2, 0) is 65.4 Å². The van der Waals surface area contributed by atoms with E-state index in [4.69, 9.17) is 37.0 Å². The van der Waals surface area contributed by atoms with E-state index in [0.717, 1.165) is 102 Å². The highest BCUT2D eigenvalue weighted by atomic mass is 31.2. The second kappa shape index (κ2) is 70.7. The van der Waals surface area contributed by atoms with Crippen LogP contribution in [0.15, 0.2) is 0 Å². The first-order chi connectivity index (χ1) is 47.4. The molecule has 98 heavy (non-hydrogen) atoms. The summed E-state index contributed by atoms with van der Waals surface area (Å²) >= 11 is 0. The lowest BCUT2D eigenvalue weighted by Gasteiger charge is -2.21. The standard InChI is InChI=1S/C79H154O17P2/c1-7-10-12-14-16-18-20-22-24-26-28-30-32-34-36-38-40-42-51-57-63-78(83)95-74(67-89-76(81)61-55-49-41-39-37-35-33-31-29-27-25-23-21-19-17-15-13-11-8-2)69-93-97(85,86)91-65-73(80)66-92-98(87,88)94-70-75(68-90-77(82)62-56-50-45-43-47-53-59-71(4)5)96-79(84)64-58-52-46-44-48-54-60-72(6)9-3/h71-75,80H,7-70H2,1-6H3,(H,85,86)(H,87,88)/t72?,73-,74-,75-/m1/s1. The molecule has 6 atom stereocenters. The van der Waals surface area contributed by atoms with Crippen molar-refractivity contribution in [1.82, 2.24) is 0 Å². The van der Waals surface area contributed by atoms with E-state index in [1.165, 1.54) is 225 Å². The van der Waals surface area contributed by atoms with E-state index < -0.39 is 97.5 Å². The summed E-state index contributed by atoms with van der Waals surface area (Å²) in [6.07, 6.45) is 60.1. The zero-order chi connectivity index (χ0) is 72.1. The van der Waals surface area contributed by atoms with Crippen LogP contribution in [0.1, 0.15) is 414 Å². The fourth-order valence-corrected chi connectivity index (χ4v) is 13.7. The number of aliphatic hydroxyl groups is 1. The molecular weight excluding hydrogens is 1280 g/mol. The van der Waals surface area contributed by atoms with Gasteiger partial charge in [0.25, 0.3) is 0 Å². The van der Waals surface area contributed by atoms with Crippen molar-refractivity contribution in [2.24, 2.45) is 11.8 Å². The van der Waals surface area contributed by atoms with E-state index in [1.54, 1.807) is 0 Å². The maximum atomic E-state index is 13.1. The Morgan fingerprint density at radius 3 is 0.776 bits per heavy atom. The number of phosphoric acid groups is 2. The van der Waals surface area contributed by atoms with Gasteiger partial charge in [0.05, 0.1) is 26.4 Å². The predicted molar refractivity (Wildman–Crippen MR) is 400 cm³/mol. The van der Waals surface area contributed by atoms with Gasteiger partial charge >= 0.3 is 39.5 Å². The van der Waals surface area contributed by atoms with Crippen molar-refractivity contribution in [2.45, 2.75) is 432 Å². The molecule has 0 heterocycles. The zero-order valence-corrected chi connectivity index (χ0v) is 65.9. The molecule has 0 aromatic rings. The predicted octanol–water partition coefficient (Wildman–Crippen LogP) is 23.5. The first kappa shape index (κ1) is 96.1. The molecular formula is C79H154O17P2. The lowest BCUT2D eigenvalue weighted by atomic mass is 10.00. The van der Waals surface area contributed by atoms with Crippen molar-refractivity contribution >= 4 is 39.5 Å². The fraction of sp³-hybridized carbons (Fsp3) is 0.949. The summed E-state index contributed by atoms with van der Waals surface area (Å²) in [6, 6.07) is 0. The van der Waals surface area contributed by atoms with Gasteiger partial charge in [-0.25, -0.2) is 9.13 Å². The van der Waals surface area contributed by atoms with E-state index in [0.29, 0.717) is 31.6 Å². The molecule has 3 N–H and O–H groups in total. The first-order valence-electron chi connectivity index (χ1n) is 41.0. The molecule has 0 aliphatic carbocycles. The van der Waals surface area contributed by atoms with E-state index in [1.807, 2.05) is 0 Å². The van der Waals surface area contributed by atoms with Crippen LogP contribution in [0.25, 0.3) is 0 Å². The van der Waals surface area contributed by atoms with Crippen molar-refractivity contribution in [3.05, 3.63) is 0 Å². The highest BCUT2D eigenvalue weighted by Crippen LogP contribution is 2.45. The third kappa shape index (κ3) is 71.1. The minimum absolute atomic E-state index is 0.102. The van der Waals surface area contributed by atoms with Gasteiger partial charge in [-0.3, -0.25) is 37.3 Å². The van der Waals surface area contributed by atoms with Crippen LogP contribution in [0, 0.1) is 11.8 Å². The minimum atomic E-state index is -4.96. The third-order valence-corrected chi connectivity index (χ3v) is 20.7. The molecule has 19 heteroatoms. The van der Waals surface area contributed by atoms with Gasteiger partial charge < -0.3 is 33.8 Å². The summed E-state index contributed by atoms with van der Waals surface area (Å²) in [5.41, 5.74) is 0. The lowest BCUT2D eigenvalue weighted by Crippen LogP contribution is -2.30. The molecule has 0 rings (SSSR count). The molecule has 17 nitrogen and oxygen atoms in total. The summed E-state index contributed by atoms with van der Waals surface area (Å²) in [7, 11) is -9.91. The molecule has 0 saturated carbocycles. The highest BCUT2D eigenvalue weighted by Gasteiger charge is 2.30. The normalized spacial score (nSPS) is 14.2. The van der Waals surface area contributed by atoms with Gasteiger partial charge in [0.1, 0.15) is 19.3 Å². The molecule has 3 unspecified atom stereocenters. The number of hydrogen-bond acceptors (Lipinski definition) is 15. The third-order valence-electron chi connectivity index (χ3n) is 18.8. The molecule has 0 amide bonds. The van der Waals surface area contributed by atoms with Crippen LogP contribution in [0.3, 0.4) is 0 Å². The number of carbonyl (C=O) groups excluding carboxylic acids is 4. The zero-order valence-electron chi connectivity index (χ0n) is 64.1. The molecule has 0 saturated heterocycles. The van der Waals surface area contributed by atoms with E-state index in [2.05, 4.69) is 41.5 Å². The average molecular weight is 1440 g/mol. The number of hydrogen-bond donors (Lipinski definition) is 3. The SMILES string of the molecule is CCCCCCCCCCCCCCCCCCCCCCC(=O)O[C@H](COC(=O)CCCCCCCCCCCCCCCCCCCCC)COP(=O)(O)OC[C@@H](O)COP(=O)(O)OC[C@@H](COC(=O)CCCCCCCCC(C)C)OC(=O)CCCCCCCCC(C)CC. The molecule has 0 aliphatic rings. The van der Waals surface area contributed by atoms with Gasteiger partial charge in [0.2, 0.25) is 0 Å².